The molecule has 4 nitrogen and oxygen atoms in total. The number of benzene rings is 1. The number of para-hydroxylation sites is 1. The second-order valence-electron chi connectivity index (χ2n) is 8.10. The lowest BCUT2D eigenvalue weighted by molar-refractivity contribution is -0.128. The van der Waals surface area contributed by atoms with Crippen LogP contribution in [0.25, 0.3) is 0 Å². The van der Waals surface area contributed by atoms with Crippen LogP contribution in [0.5, 0.6) is 5.75 Å². The van der Waals surface area contributed by atoms with Gasteiger partial charge >= 0.3 is 0 Å². The van der Waals surface area contributed by atoms with Crippen LogP contribution >= 0.6 is 12.4 Å². The highest BCUT2D eigenvalue weighted by Gasteiger charge is 2.49. The summed E-state index contributed by atoms with van der Waals surface area (Å²) in [7, 11) is 0. The number of carbonyl (C=O) groups is 1. The number of hydrogen-bond donors (Lipinski definition) is 2. The van der Waals surface area contributed by atoms with Crippen LogP contribution in [0, 0.1) is 17.8 Å². The van der Waals surface area contributed by atoms with Crippen LogP contribution in [0.3, 0.4) is 0 Å². The quantitative estimate of drug-likeness (QED) is 0.860. The normalized spacial score (nSPS) is 35.5. The van der Waals surface area contributed by atoms with Gasteiger partial charge in [-0.05, 0) is 51.0 Å². The van der Waals surface area contributed by atoms with Crippen LogP contribution in [0.1, 0.15) is 51.1 Å². The Kier molecular flexibility index (Phi) is 4.56. The molecule has 1 amide bonds. The lowest BCUT2D eigenvalue weighted by Crippen LogP contribution is -2.48. The van der Waals surface area contributed by atoms with Crippen LogP contribution in [-0.2, 0) is 4.79 Å². The van der Waals surface area contributed by atoms with Crippen molar-refractivity contribution in [1.29, 1.82) is 0 Å². The number of fused-ring (bicyclic) bond motifs is 3. The van der Waals surface area contributed by atoms with Gasteiger partial charge in [0.2, 0.25) is 5.91 Å². The maximum atomic E-state index is 12.9. The predicted octanol–water partition coefficient (Wildman–Crippen LogP) is 3.20. The summed E-state index contributed by atoms with van der Waals surface area (Å²) in [6, 6.07) is 8.06. The van der Waals surface area contributed by atoms with Gasteiger partial charge in [0.25, 0.3) is 0 Å². The fourth-order valence-electron chi connectivity index (χ4n) is 4.92. The highest BCUT2D eigenvalue weighted by atomic mass is 35.5. The third-order valence-corrected chi connectivity index (χ3v) is 5.98. The molecular formula is C19H27ClN2O2. The summed E-state index contributed by atoms with van der Waals surface area (Å²) in [6.07, 6.45) is 4.27. The lowest BCUT2D eigenvalue weighted by Gasteiger charge is -2.39. The molecule has 2 saturated carbocycles. The average Bonchev–Trinajstić information content (AvgIpc) is 3.06. The molecule has 24 heavy (non-hydrogen) atoms. The standard InChI is InChI=1S/C19H26N2O2.ClH/c1-19(2)10-14(13-5-3-4-6-15(13)23-19)21-18(22)16-11-7-8-12(9-11)17(16)20;/h3-6,11-12,14,16-17H,7-10,20H2,1-2H3,(H,21,22);1H. The van der Waals surface area contributed by atoms with E-state index in [0.717, 1.165) is 30.6 Å². The van der Waals surface area contributed by atoms with Crippen molar-refractivity contribution in [2.75, 3.05) is 0 Å². The summed E-state index contributed by atoms with van der Waals surface area (Å²) < 4.78 is 6.05. The summed E-state index contributed by atoms with van der Waals surface area (Å²) in [4.78, 5) is 12.9. The van der Waals surface area contributed by atoms with Crippen LogP contribution in [0.15, 0.2) is 24.3 Å². The predicted molar refractivity (Wildman–Crippen MR) is 96.2 cm³/mol. The molecule has 0 saturated heterocycles. The van der Waals surface area contributed by atoms with Gasteiger partial charge in [0.1, 0.15) is 11.4 Å². The fourth-order valence-corrected chi connectivity index (χ4v) is 4.92. The zero-order chi connectivity index (χ0) is 16.2. The first-order valence-electron chi connectivity index (χ1n) is 8.78. The third-order valence-electron chi connectivity index (χ3n) is 5.98. The van der Waals surface area contributed by atoms with Gasteiger partial charge in [-0.3, -0.25) is 4.79 Å². The van der Waals surface area contributed by atoms with E-state index >= 15 is 0 Å². The molecule has 3 aliphatic rings. The van der Waals surface area contributed by atoms with Crippen LogP contribution in [0.4, 0.5) is 0 Å². The molecule has 2 fully saturated rings. The Morgan fingerprint density at radius 1 is 1.25 bits per heavy atom. The molecule has 0 spiro atoms. The Bertz CT molecular complexity index is 632. The zero-order valence-corrected chi connectivity index (χ0v) is 15.1. The summed E-state index contributed by atoms with van der Waals surface area (Å²) in [5.41, 5.74) is 7.14. The van der Waals surface area contributed by atoms with E-state index in [0.29, 0.717) is 11.8 Å². The molecule has 5 unspecified atom stereocenters. The number of rotatable bonds is 2. The minimum Gasteiger partial charge on any atom is -0.487 e. The Balaban J connectivity index is 0.00000169. The number of halogens is 1. The molecule has 2 aliphatic carbocycles. The fraction of sp³-hybridized carbons (Fsp3) is 0.632. The summed E-state index contributed by atoms with van der Waals surface area (Å²) in [5, 5.41) is 3.29. The Morgan fingerprint density at radius 2 is 1.96 bits per heavy atom. The van der Waals surface area contributed by atoms with Crippen molar-refractivity contribution in [3.63, 3.8) is 0 Å². The van der Waals surface area contributed by atoms with E-state index in [2.05, 4.69) is 25.2 Å². The van der Waals surface area contributed by atoms with E-state index in [9.17, 15) is 4.79 Å². The minimum absolute atomic E-state index is 0. The molecule has 1 aromatic rings. The summed E-state index contributed by atoms with van der Waals surface area (Å²) in [6.45, 7) is 4.15. The minimum atomic E-state index is -0.275. The van der Waals surface area contributed by atoms with Crippen molar-refractivity contribution in [1.82, 2.24) is 5.32 Å². The van der Waals surface area contributed by atoms with Crippen LogP contribution < -0.4 is 15.8 Å². The maximum absolute atomic E-state index is 12.9. The van der Waals surface area contributed by atoms with E-state index in [4.69, 9.17) is 10.5 Å². The first-order chi connectivity index (χ1) is 10.9. The van der Waals surface area contributed by atoms with Gasteiger partial charge in [-0.25, -0.2) is 0 Å². The molecule has 2 bridgehead atoms. The van der Waals surface area contributed by atoms with E-state index in [-0.39, 0.29) is 41.9 Å². The average molecular weight is 351 g/mol. The van der Waals surface area contributed by atoms with Crippen molar-refractivity contribution in [3.8, 4) is 5.75 Å². The second kappa shape index (κ2) is 6.23. The number of nitrogens with one attached hydrogen (secondary N) is 1. The Morgan fingerprint density at radius 3 is 2.67 bits per heavy atom. The number of carbonyl (C=O) groups excluding carboxylic acids is 1. The smallest absolute Gasteiger partial charge is 0.225 e. The van der Waals surface area contributed by atoms with Crippen LogP contribution in [-0.4, -0.2) is 17.6 Å². The Hall–Kier alpha value is -1.26. The zero-order valence-electron chi connectivity index (χ0n) is 14.3. The molecule has 3 N–H and O–H groups in total. The lowest BCUT2D eigenvalue weighted by atomic mass is 9.83. The largest absolute Gasteiger partial charge is 0.487 e. The van der Waals surface area contributed by atoms with Gasteiger partial charge in [-0.15, -0.1) is 12.4 Å². The molecule has 1 aromatic carbocycles. The van der Waals surface area contributed by atoms with Crippen molar-refractivity contribution in [2.45, 2.75) is 57.2 Å². The highest BCUT2D eigenvalue weighted by Crippen LogP contribution is 2.48. The van der Waals surface area contributed by atoms with Crippen molar-refractivity contribution < 1.29 is 9.53 Å². The molecular weight excluding hydrogens is 324 g/mol. The first kappa shape index (κ1) is 17.6. The maximum Gasteiger partial charge on any atom is 0.225 e. The molecule has 1 aliphatic heterocycles. The van der Waals surface area contributed by atoms with Crippen LogP contribution in [0.2, 0.25) is 0 Å². The summed E-state index contributed by atoms with van der Waals surface area (Å²) in [5.74, 6) is 2.05. The van der Waals surface area contributed by atoms with Crippen molar-refractivity contribution in [3.05, 3.63) is 29.8 Å². The molecule has 132 valence electrons. The molecule has 4 rings (SSSR count). The van der Waals surface area contributed by atoms with E-state index in [1.54, 1.807) is 0 Å². The van der Waals surface area contributed by atoms with Crippen molar-refractivity contribution in [2.24, 2.45) is 23.5 Å². The third kappa shape index (κ3) is 2.91. The topological polar surface area (TPSA) is 64.4 Å². The van der Waals surface area contributed by atoms with Crippen molar-refractivity contribution >= 4 is 18.3 Å². The van der Waals surface area contributed by atoms with Gasteiger partial charge < -0.3 is 15.8 Å². The van der Waals surface area contributed by atoms with E-state index < -0.39 is 0 Å². The monoisotopic (exact) mass is 350 g/mol. The van der Waals surface area contributed by atoms with Gasteiger partial charge in [0, 0.05) is 18.0 Å². The summed E-state index contributed by atoms with van der Waals surface area (Å²) >= 11 is 0. The second-order valence-corrected chi connectivity index (χ2v) is 8.10. The number of amides is 1. The number of hydrogen-bond acceptors (Lipinski definition) is 3. The highest BCUT2D eigenvalue weighted by molar-refractivity contribution is 5.85. The van der Waals surface area contributed by atoms with Gasteiger partial charge in [-0.1, -0.05) is 18.2 Å². The Labute approximate surface area is 149 Å². The first-order valence-corrected chi connectivity index (χ1v) is 8.78. The van der Waals surface area contributed by atoms with Gasteiger partial charge in [-0.2, -0.15) is 0 Å². The van der Waals surface area contributed by atoms with Gasteiger partial charge in [0.15, 0.2) is 0 Å². The molecule has 0 aromatic heterocycles. The molecule has 0 radical (unpaired) electrons. The number of ether oxygens (including phenoxy) is 1. The SMILES string of the molecule is CC1(C)CC(NC(=O)C2C3CCC(C3)C2N)c2ccccc2O1.Cl. The van der Waals surface area contributed by atoms with E-state index in [1.807, 2.05) is 18.2 Å². The molecule has 1 heterocycles. The van der Waals surface area contributed by atoms with E-state index in [1.165, 1.54) is 6.42 Å². The molecule has 5 heteroatoms. The van der Waals surface area contributed by atoms with Gasteiger partial charge in [0.05, 0.1) is 12.0 Å². The number of nitrogens with two attached hydrogens (primary N) is 1. The molecule has 5 atom stereocenters.